The molecule has 1 aliphatic carbocycles. The van der Waals surface area contributed by atoms with E-state index in [-0.39, 0.29) is 0 Å². The third kappa shape index (κ3) is 4.91. The van der Waals surface area contributed by atoms with Gasteiger partial charge in [0.15, 0.2) is 0 Å². The van der Waals surface area contributed by atoms with Crippen LogP contribution in [0.3, 0.4) is 0 Å². The first-order valence-corrected chi connectivity index (χ1v) is 17.2. The number of nitrogens with zero attached hydrogens (tertiary/aromatic N) is 6. The van der Waals surface area contributed by atoms with Crippen molar-refractivity contribution in [2.24, 2.45) is 0 Å². The van der Waals surface area contributed by atoms with E-state index in [1.165, 1.54) is 0 Å². The molecule has 1 aliphatic rings. The number of hydrogen-bond donors (Lipinski definition) is 0. The average Bonchev–Trinajstić information content (AvgIpc) is 3.91. The third-order valence-corrected chi connectivity index (χ3v) is 9.60. The van der Waals surface area contributed by atoms with Gasteiger partial charge in [-0.2, -0.15) is 0 Å². The summed E-state index contributed by atoms with van der Waals surface area (Å²) >= 11 is 0. The van der Waals surface area contributed by atoms with E-state index in [2.05, 4.69) is 178 Å². The Hall–Kier alpha value is -6.79. The maximum Gasteiger partial charge on any atom is 0.145 e. The molecule has 6 aromatic carbocycles. The number of aromatic nitrogens is 6. The molecule has 9 aromatic rings. The lowest BCUT2D eigenvalue weighted by Crippen LogP contribution is -2.14. The van der Waals surface area contributed by atoms with Crippen LogP contribution in [0.15, 0.2) is 176 Å². The fourth-order valence-corrected chi connectivity index (χ4v) is 7.36. The lowest BCUT2D eigenvalue weighted by atomic mass is 9.88. The van der Waals surface area contributed by atoms with Gasteiger partial charge in [0, 0.05) is 22.6 Å². The molecule has 0 saturated carbocycles. The molecular weight excluding hydrogens is 625 g/mol. The van der Waals surface area contributed by atoms with Crippen LogP contribution < -0.4 is 0 Å². The van der Waals surface area contributed by atoms with Crippen molar-refractivity contribution in [2.75, 3.05) is 0 Å². The van der Waals surface area contributed by atoms with E-state index >= 15 is 0 Å². The molecule has 0 aliphatic heterocycles. The number of fused-ring (bicyclic) bond motifs is 3. The van der Waals surface area contributed by atoms with Gasteiger partial charge in [0.1, 0.15) is 17.5 Å². The highest BCUT2D eigenvalue weighted by Crippen LogP contribution is 2.42. The molecule has 241 valence electrons. The van der Waals surface area contributed by atoms with Gasteiger partial charge in [-0.3, -0.25) is 13.7 Å². The Balaban J connectivity index is 1.25. The van der Waals surface area contributed by atoms with Crippen LogP contribution in [-0.4, -0.2) is 28.7 Å². The number of allylic oxidation sites excluding steroid dienone is 4. The van der Waals surface area contributed by atoms with Crippen LogP contribution in [0.5, 0.6) is 0 Å². The molecule has 6 nitrogen and oxygen atoms in total. The zero-order chi connectivity index (χ0) is 33.7. The second-order valence-electron chi connectivity index (χ2n) is 12.8. The molecule has 51 heavy (non-hydrogen) atoms. The second-order valence-corrected chi connectivity index (χ2v) is 12.8. The minimum atomic E-state index is 0.626. The minimum Gasteiger partial charge on any atom is -0.296 e. The van der Waals surface area contributed by atoms with Gasteiger partial charge in [-0.25, -0.2) is 15.0 Å². The van der Waals surface area contributed by atoms with Crippen molar-refractivity contribution in [3.05, 3.63) is 199 Å². The van der Waals surface area contributed by atoms with Gasteiger partial charge in [-0.1, -0.05) is 97.1 Å². The van der Waals surface area contributed by atoms with Crippen LogP contribution in [0, 0.1) is 5.92 Å². The topological polar surface area (TPSA) is 53.5 Å². The molecule has 6 heteroatoms. The van der Waals surface area contributed by atoms with Crippen LogP contribution in [0.2, 0.25) is 0 Å². The first kappa shape index (κ1) is 29.2. The minimum absolute atomic E-state index is 0.626. The van der Waals surface area contributed by atoms with E-state index in [4.69, 9.17) is 15.0 Å². The number of imidazole rings is 3. The van der Waals surface area contributed by atoms with Crippen LogP contribution in [-0.2, 0) is 0 Å². The van der Waals surface area contributed by atoms with E-state index in [0.29, 0.717) is 6.42 Å². The maximum absolute atomic E-state index is 5.32. The highest BCUT2D eigenvalue weighted by molar-refractivity contribution is 5.93. The van der Waals surface area contributed by atoms with Gasteiger partial charge in [0.25, 0.3) is 0 Å². The highest BCUT2D eigenvalue weighted by Gasteiger charge is 2.30. The summed E-state index contributed by atoms with van der Waals surface area (Å²) in [5.41, 5.74) is 11.3. The van der Waals surface area contributed by atoms with Crippen LogP contribution in [0.1, 0.15) is 23.9 Å². The van der Waals surface area contributed by atoms with E-state index < -0.39 is 0 Å². The molecule has 1 radical (unpaired) electrons. The second kappa shape index (κ2) is 12.0. The molecule has 0 unspecified atom stereocenters. The molecule has 10 rings (SSSR count). The van der Waals surface area contributed by atoms with E-state index in [9.17, 15) is 0 Å². The summed E-state index contributed by atoms with van der Waals surface area (Å²) in [5.74, 6) is 3.74. The molecule has 3 heterocycles. The van der Waals surface area contributed by atoms with Crippen molar-refractivity contribution in [1.29, 1.82) is 0 Å². The first-order chi connectivity index (χ1) is 25.3. The predicted molar refractivity (Wildman–Crippen MR) is 206 cm³/mol. The fourth-order valence-electron chi connectivity index (χ4n) is 7.36. The van der Waals surface area contributed by atoms with Crippen LogP contribution in [0.4, 0.5) is 0 Å². The predicted octanol–water partition coefficient (Wildman–Crippen LogP) is 10.2. The molecule has 0 saturated heterocycles. The average molecular weight is 656 g/mol. The standard InChI is InChI=1S/C45H31N6/c1-4-16-34(17-5-1)49-40-25-13-10-22-37(40)46-43(49)31-28-32(44-47-38-23-11-14-26-41(38)50(44)35-18-6-2-7-19-35)30-33(29-31)45-48-39-24-12-15-27-42(39)51(45)36-20-8-3-9-21-36/h1-29H,30H2. The van der Waals surface area contributed by atoms with E-state index in [1.807, 2.05) is 12.1 Å². The fraction of sp³-hybridized carbons (Fsp3) is 0.0222. The molecule has 0 fully saturated rings. The normalized spacial score (nSPS) is 13.6. The summed E-state index contributed by atoms with van der Waals surface area (Å²) in [4.78, 5) is 15.9. The van der Waals surface area contributed by atoms with Gasteiger partial charge in [-0.05, 0) is 90.9 Å². The van der Waals surface area contributed by atoms with Crippen molar-refractivity contribution in [2.45, 2.75) is 6.42 Å². The first-order valence-electron chi connectivity index (χ1n) is 17.2. The Morgan fingerprint density at radius 3 is 1.22 bits per heavy atom. The number of rotatable bonds is 6. The molecule has 0 spiro atoms. The molecule has 3 aromatic heterocycles. The molecular formula is C45H31N6. The largest absolute Gasteiger partial charge is 0.296 e. The molecule has 0 bridgehead atoms. The van der Waals surface area contributed by atoms with Crippen LogP contribution >= 0.6 is 0 Å². The molecule has 0 atom stereocenters. The zero-order valence-electron chi connectivity index (χ0n) is 27.6. The quantitative estimate of drug-likeness (QED) is 0.179. The number of para-hydroxylation sites is 9. The van der Waals surface area contributed by atoms with Gasteiger partial charge < -0.3 is 0 Å². The monoisotopic (exact) mass is 655 g/mol. The lowest BCUT2D eigenvalue weighted by Gasteiger charge is -2.23. The Kier molecular flexibility index (Phi) is 6.84. The van der Waals surface area contributed by atoms with Crippen molar-refractivity contribution in [1.82, 2.24) is 28.7 Å². The van der Waals surface area contributed by atoms with Gasteiger partial charge in [0.2, 0.25) is 0 Å². The highest BCUT2D eigenvalue weighted by atomic mass is 15.1. The smallest absolute Gasteiger partial charge is 0.145 e. The maximum atomic E-state index is 5.32. The zero-order valence-corrected chi connectivity index (χ0v) is 27.6. The Morgan fingerprint density at radius 2 is 0.725 bits per heavy atom. The number of benzene rings is 6. The van der Waals surface area contributed by atoms with Gasteiger partial charge >= 0.3 is 0 Å². The van der Waals surface area contributed by atoms with Crippen molar-refractivity contribution in [3.63, 3.8) is 0 Å². The molecule has 0 N–H and O–H groups in total. The van der Waals surface area contributed by atoms with Gasteiger partial charge in [-0.15, -0.1) is 0 Å². The lowest BCUT2D eigenvalue weighted by molar-refractivity contribution is 0.917. The Labute approximate surface area is 294 Å². The third-order valence-electron chi connectivity index (χ3n) is 9.60. The van der Waals surface area contributed by atoms with E-state index in [1.54, 1.807) is 0 Å². The Bertz CT molecular complexity index is 2770. The SMILES string of the molecule is C1=C(c2nc3ccccc3n2-c2ccccc2)C=C(c2nc3ccccc3n2-c2ccccc2)C[C]1c1nc2ccccc2n1-c1ccccc1. The summed E-state index contributed by atoms with van der Waals surface area (Å²) in [6.07, 6.45) is 5.18. The number of hydrogen-bond acceptors (Lipinski definition) is 3. The van der Waals surface area contributed by atoms with Crippen molar-refractivity contribution >= 4 is 44.2 Å². The Morgan fingerprint density at radius 1 is 0.353 bits per heavy atom. The summed E-state index contributed by atoms with van der Waals surface area (Å²) < 4.78 is 6.82. The van der Waals surface area contributed by atoms with E-state index in [0.717, 1.165) is 84.7 Å². The van der Waals surface area contributed by atoms with Crippen molar-refractivity contribution in [3.8, 4) is 17.1 Å². The summed E-state index contributed by atoms with van der Waals surface area (Å²) in [6.45, 7) is 0. The summed E-state index contributed by atoms with van der Waals surface area (Å²) in [7, 11) is 0. The summed E-state index contributed by atoms with van der Waals surface area (Å²) in [5, 5.41) is 0. The van der Waals surface area contributed by atoms with Gasteiger partial charge in [0.05, 0.1) is 39.0 Å². The molecule has 0 amide bonds. The van der Waals surface area contributed by atoms with Crippen molar-refractivity contribution < 1.29 is 0 Å². The summed E-state index contributed by atoms with van der Waals surface area (Å²) in [6, 6.07) is 56.6. The van der Waals surface area contributed by atoms with Crippen LogP contribution in [0.25, 0.3) is 61.3 Å².